The molecule has 1 aliphatic carbocycles. The monoisotopic (exact) mass is 390 g/mol. The van der Waals surface area contributed by atoms with Crippen molar-refractivity contribution in [3.05, 3.63) is 29.6 Å². The molecule has 0 radical (unpaired) electrons. The normalized spacial score (nSPS) is 23.6. The summed E-state index contributed by atoms with van der Waals surface area (Å²) in [5.74, 6) is -1.29. The lowest BCUT2D eigenvalue weighted by Crippen LogP contribution is -2.47. The number of rotatable bonds is 6. The number of ether oxygens (including phenoxy) is 1. The molecule has 0 amide bonds. The van der Waals surface area contributed by atoms with Crippen molar-refractivity contribution >= 4 is 11.8 Å². The number of hydrogen-bond acceptors (Lipinski definition) is 3. The van der Waals surface area contributed by atoms with E-state index in [0.717, 1.165) is 25.7 Å². The van der Waals surface area contributed by atoms with Gasteiger partial charge in [0.25, 0.3) is 6.43 Å². The lowest BCUT2D eigenvalue weighted by Gasteiger charge is -2.40. The van der Waals surface area contributed by atoms with E-state index in [2.05, 4.69) is 15.0 Å². The van der Waals surface area contributed by atoms with Crippen LogP contribution < -0.4 is 15.0 Å². The van der Waals surface area contributed by atoms with Gasteiger partial charge in [0.2, 0.25) is 0 Å². The fourth-order valence-electron chi connectivity index (χ4n) is 3.86. The number of nitrogens with one attached hydrogen (secondary N) is 1. The third-order valence-corrected chi connectivity index (χ3v) is 5.22. The maximum Gasteiger partial charge on any atom is 0.387 e. The minimum atomic E-state index is -3.09. The van der Waals surface area contributed by atoms with Crippen molar-refractivity contribution in [3.8, 4) is 5.75 Å². The minimum Gasteiger partial charge on any atom is -0.432 e. The van der Waals surface area contributed by atoms with Crippen LogP contribution in [0.1, 0.15) is 38.2 Å². The average Bonchev–Trinajstić information content (AvgIpc) is 2.62. The van der Waals surface area contributed by atoms with E-state index >= 15 is 0 Å². The van der Waals surface area contributed by atoms with Crippen LogP contribution in [0.3, 0.4) is 0 Å². The highest BCUT2D eigenvalue weighted by molar-refractivity contribution is 5.73. The average molecular weight is 390 g/mol. The molecule has 3 nitrogen and oxygen atoms in total. The van der Waals surface area contributed by atoms with E-state index in [0.29, 0.717) is 17.8 Å². The molecule has 0 bridgehead atoms. The Morgan fingerprint density at radius 3 is 2.44 bits per heavy atom. The molecule has 2 aliphatic rings. The molecule has 1 heterocycles. The number of benzene rings is 1. The van der Waals surface area contributed by atoms with Crippen LogP contribution in [-0.4, -0.2) is 37.7 Å². The summed E-state index contributed by atoms with van der Waals surface area (Å²) < 4.78 is 68.7. The van der Waals surface area contributed by atoms with Crippen molar-refractivity contribution in [2.24, 2.45) is 0 Å². The molecule has 3 rings (SSSR count). The van der Waals surface area contributed by atoms with Crippen LogP contribution in [0.5, 0.6) is 5.75 Å². The fourth-order valence-corrected chi connectivity index (χ4v) is 3.86. The van der Waals surface area contributed by atoms with Gasteiger partial charge in [-0.05, 0) is 38.7 Å². The van der Waals surface area contributed by atoms with Gasteiger partial charge < -0.3 is 15.0 Å². The van der Waals surface area contributed by atoms with Crippen LogP contribution in [0.4, 0.5) is 27.6 Å². The van der Waals surface area contributed by atoms with Gasteiger partial charge >= 0.3 is 6.61 Å². The standard InChI is InChI=1S/C19H23F5N2O/c1-11(18(21)22)25-13-4-6-14(7-5-13)26-8-2-3-12-9-15(20)17(10-16(12)26)27-19(23)24/h2-3,9-11,13-14,18-19,25H,4-8H2,1H3/t11-,13?,14?/m1/s1. The maximum absolute atomic E-state index is 14.0. The van der Waals surface area contributed by atoms with Gasteiger partial charge in [0, 0.05) is 35.9 Å². The predicted octanol–water partition coefficient (Wildman–Crippen LogP) is 4.81. The zero-order chi connectivity index (χ0) is 19.6. The summed E-state index contributed by atoms with van der Waals surface area (Å²) in [7, 11) is 0. The summed E-state index contributed by atoms with van der Waals surface area (Å²) in [6, 6.07) is 1.85. The summed E-state index contributed by atoms with van der Waals surface area (Å²) in [4.78, 5) is 2.06. The summed E-state index contributed by atoms with van der Waals surface area (Å²) in [6.45, 7) is -1.03. The van der Waals surface area contributed by atoms with Gasteiger partial charge in [-0.1, -0.05) is 12.2 Å². The fraction of sp³-hybridized carbons (Fsp3) is 0.579. The molecule has 1 atom stereocenters. The Bertz CT molecular complexity index is 674. The van der Waals surface area contributed by atoms with E-state index in [1.165, 1.54) is 19.1 Å². The van der Waals surface area contributed by atoms with E-state index in [-0.39, 0.29) is 12.1 Å². The van der Waals surface area contributed by atoms with E-state index in [1.807, 2.05) is 6.08 Å². The summed E-state index contributed by atoms with van der Waals surface area (Å²) in [5.41, 5.74) is 1.28. The molecule has 0 spiro atoms. The number of alkyl halides is 4. The van der Waals surface area contributed by atoms with Gasteiger partial charge in [0.1, 0.15) is 0 Å². The van der Waals surface area contributed by atoms with Crippen molar-refractivity contribution in [2.75, 3.05) is 11.4 Å². The Hall–Kier alpha value is -1.83. The van der Waals surface area contributed by atoms with Crippen LogP contribution in [0.2, 0.25) is 0 Å². The maximum atomic E-state index is 14.0. The second kappa shape index (κ2) is 8.46. The summed E-state index contributed by atoms with van der Waals surface area (Å²) in [6.07, 6.45) is 4.33. The number of fused-ring (bicyclic) bond motifs is 1. The molecule has 1 fully saturated rings. The summed E-state index contributed by atoms with van der Waals surface area (Å²) in [5, 5.41) is 2.96. The Morgan fingerprint density at radius 2 is 1.81 bits per heavy atom. The molecule has 150 valence electrons. The van der Waals surface area contributed by atoms with Crippen LogP contribution >= 0.6 is 0 Å². The van der Waals surface area contributed by atoms with Crippen molar-refractivity contribution in [1.82, 2.24) is 5.32 Å². The highest BCUT2D eigenvalue weighted by atomic mass is 19.3. The van der Waals surface area contributed by atoms with Gasteiger partial charge in [-0.25, -0.2) is 13.2 Å². The molecule has 1 saturated carbocycles. The smallest absolute Gasteiger partial charge is 0.387 e. The molecule has 0 saturated heterocycles. The first kappa shape index (κ1) is 19.9. The molecule has 1 aromatic rings. The number of halogens is 5. The van der Waals surface area contributed by atoms with E-state index in [1.54, 1.807) is 6.08 Å². The Kier molecular flexibility index (Phi) is 6.24. The zero-order valence-electron chi connectivity index (χ0n) is 15.0. The quantitative estimate of drug-likeness (QED) is 0.706. The van der Waals surface area contributed by atoms with Gasteiger partial charge in [-0.3, -0.25) is 0 Å². The predicted molar refractivity (Wildman–Crippen MR) is 94.1 cm³/mol. The van der Waals surface area contributed by atoms with E-state index in [9.17, 15) is 22.0 Å². The molecule has 0 unspecified atom stereocenters. The van der Waals surface area contributed by atoms with E-state index in [4.69, 9.17) is 0 Å². The number of nitrogens with zero attached hydrogens (tertiary/aromatic N) is 1. The lowest BCUT2D eigenvalue weighted by molar-refractivity contribution is -0.0521. The molecular formula is C19H23F5N2O. The van der Waals surface area contributed by atoms with Gasteiger partial charge in [0.15, 0.2) is 11.6 Å². The number of hydrogen-bond donors (Lipinski definition) is 1. The van der Waals surface area contributed by atoms with Gasteiger partial charge in [-0.15, -0.1) is 0 Å². The first-order valence-electron chi connectivity index (χ1n) is 9.11. The van der Waals surface area contributed by atoms with Crippen molar-refractivity contribution in [2.45, 2.75) is 63.8 Å². The Labute approximate surface area is 155 Å². The molecule has 1 aliphatic heterocycles. The van der Waals surface area contributed by atoms with Gasteiger partial charge in [0.05, 0.1) is 6.04 Å². The molecule has 1 aromatic carbocycles. The third-order valence-electron chi connectivity index (χ3n) is 5.22. The van der Waals surface area contributed by atoms with Crippen molar-refractivity contribution in [1.29, 1.82) is 0 Å². The van der Waals surface area contributed by atoms with Gasteiger partial charge in [-0.2, -0.15) is 8.78 Å². The van der Waals surface area contributed by atoms with Crippen molar-refractivity contribution in [3.63, 3.8) is 0 Å². The van der Waals surface area contributed by atoms with Crippen LogP contribution in [0.15, 0.2) is 18.2 Å². The number of anilines is 1. The first-order valence-corrected chi connectivity index (χ1v) is 9.11. The van der Waals surface area contributed by atoms with Crippen molar-refractivity contribution < 1.29 is 26.7 Å². The molecule has 27 heavy (non-hydrogen) atoms. The van der Waals surface area contributed by atoms with Crippen LogP contribution in [0, 0.1) is 5.82 Å². The van der Waals surface area contributed by atoms with E-state index < -0.39 is 30.6 Å². The molecule has 8 heteroatoms. The second-order valence-corrected chi connectivity index (χ2v) is 7.07. The third kappa shape index (κ3) is 4.72. The molecule has 0 aromatic heterocycles. The minimum absolute atomic E-state index is 0.0380. The van der Waals surface area contributed by atoms with Crippen LogP contribution in [0.25, 0.3) is 6.08 Å². The highest BCUT2D eigenvalue weighted by Gasteiger charge is 2.30. The Morgan fingerprint density at radius 1 is 1.11 bits per heavy atom. The topological polar surface area (TPSA) is 24.5 Å². The summed E-state index contributed by atoms with van der Waals surface area (Å²) >= 11 is 0. The molecular weight excluding hydrogens is 367 g/mol. The molecule has 1 N–H and O–H groups in total. The second-order valence-electron chi connectivity index (χ2n) is 7.07. The van der Waals surface area contributed by atoms with Crippen LogP contribution in [-0.2, 0) is 0 Å². The Balaban J connectivity index is 1.70. The zero-order valence-corrected chi connectivity index (χ0v) is 15.0. The lowest BCUT2D eigenvalue weighted by atomic mass is 9.88. The first-order chi connectivity index (χ1) is 12.8. The SMILES string of the molecule is C[C@@H](NC1CCC(N2CC=Cc3cc(F)c(OC(F)F)cc32)CC1)C(F)F. The largest absolute Gasteiger partial charge is 0.432 e. The highest BCUT2D eigenvalue weighted by Crippen LogP contribution is 2.37.